The number of anilines is 1. The van der Waals surface area contributed by atoms with Crippen molar-refractivity contribution in [2.24, 2.45) is 7.05 Å². The molecule has 2 aromatic rings. The second kappa shape index (κ2) is 6.02. The van der Waals surface area contributed by atoms with E-state index in [1.54, 1.807) is 29.9 Å². The molecule has 3 rings (SSSR count). The molecule has 0 saturated carbocycles. The molecule has 0 spiro atoms. The van der Waals surface area contributed by atoms with E-state index in [0.717, 1.165) is 37.3 Å². The Balaban J connectivity index is 1.68. The summed E-state index contributed by atoms with van der Waals surface area (Å²) in [6.07, 6.45) is 5.47. The van der Waals surface area contributed by atoms with Crippen LogP contribution in [0, 0.1) is 11.3 Å². The number of hydrogen-bond donors (Lipinski definition) is 0. The highest BCUT2D eigenvalue weighted by Gasteiger charge is 2.21. The number of aromatic nitrogens is 2. The molecule has 5 nitrogen and oxygen atoms in total. The van der Waals surface area contributed by atoms with Gasteiger partial charge in [0, 0.05) is 38.6 Å². The first-order chi connectivity index (χ1) is 10.7. The normalized spacial score (nSPS) is 15.5. The van der Waals surface area contributed by atoms with E-state index in [4.69, 9.17) is 5.26 Å². The molecule has 0 radical (unpaired) electrons. The van der Waals surface area contributed by atoms with Crippen LogP contribution < -0.4 is 10.5 Å². The maximum absolute atomic E-state index is 11.7. The fourth-order valence-corrected chi connectivity index (χ4v) is 2.90. The second-order valence-corrected chi connectivity index (χ2v) is 5.69. The van der Waals surface area contributed by atoms with Gasteiger partial charge in [0.1, 0.15) is 11.9 Å². The first-order valence-corrected chi connectivity index (χ1v) is 7.45. The van der Waals surface area contributed by atoms with Gasteiger partial charge in [0.05, 0.1) is 5.56 Å². The minimum Gasteiger partial charge on any atom is -0.357 e. The van der Waals surface area contributed by atoms with Crippen LogP contribution in [0.4, 0.5) is 5.82 Å². The topological polar surface area (TPSA) is 61.9 Å². The molecule has 0 unspecified atom stereocenters. The number of rotatable bonds is 2. The Morgan fingerprint density at radius 1 is 1.27 bits per heavy atom. The molecule has 1 aliphatic rings. The highest BCUT2D eigenvalue weighted by atomic mass is 16.1. The van der Waals surface area contributed by atoms with E-state index in [2.05, 4.69) is 16.0 Å². The Labute approximate surface area is 129 Å². The maximum atomic E-state index is 11.7. The van der Waals surface area contributed by atoms with Gasteiger partial charge in [0.15, 0.2) is 0 Å². The van der Waals surface area contributed by atoms with Crippen molar-refractivity contribution < 1.29 is 0 Å². The van der Waals surface area contributed by atoms with Crippen LogP contribution in [-0.4, -0.2) is 22.6 Å². The number of pyridine rings is 2. The maximum Gasteiger partial charge on any atom is 0.250 e. The van der Waals surface area contributed by atoms with E-state index in [1.165, 1.54) is 0 Å². The van der Waals surface area contributed by atoms with Gasteiger partial charge in [-0.05, 0) is 42.5 Å². The quantitative estimate of drug-likeness (QED) is 0.850. The Kier molecular flexibility index (Phi) is 3.92. The molecule has 0 aliphatic carbocycles. The predicted octanol–water partition coefficient (Wildman–Crippen LogP) is 2.04. The summed E-state index contributed by atoms with van der Waals surface area (Å²) in [5, 5.41) is 8.81. The molecule has 1 saturated heterocycles. The number of piperidine rings is 1. The van der Waals surface area contributed by atoms with Crippen LogP contribution in [0.25, 0.3) is 0 Å². The van der Waals surface area contributed by atoms with E-state index in [1.807, 2.05) is 18.3 Å². The minimum atomic E-state index is 0.0497. The van der Waals surface area contributed by atoms with Crippen LogP contribution in [-0.2, 0) is 7.05 Å². The summed E-state index contributed by atoms with van der Waals surface area (Å²) in [6, 6.07) is 9.58. The summed E-state index contributed by atoms with van der Waals surface area (Å²) in [6.45, 7) is 1.83. The fourth-order valence-electron chi connectivity index (χ4n) is 2.90. The third kappa shape index (κ3) is 2.86. The molecule has 0 aromatic carbocycles. The number of aryl methyl sites for hydroxylation is 1. The molecule has 1 fully saturated rings. The Bertz CT molecular complexity index is 749. The largest absolute Gasteiger partial charge is 0.357 e. The molecule has 112 valence electrons. The SMILES string of the molecule is Cn1ccc(C2CCN(c3ccc(C#N)cn3)CC2)cc1=O. The van der Waals surface area contributed by atoms with Gasteiger partial charge >= 0.3 is 0 Å². The van der Waals surface area contributed by atoms with E-state index in [0.29, 0.717) is 11.5 Å². The first-order valence-electron chi connectivity index (χ1n) is 7.45. The van der Waals surface area contributed by atoms with E-state index in [9.17, 15) is 4.79 Å². The van der Waals surface area contributed by atoms with Crippen LogP contribution in [0.2, 0.25) is 0 Å². The van der Waals surface area contributed by atoms with Crippen molar-refractivity contribution >= 4 is 5.82 Å². The van der Waals surface area contributed by atoms with E-state index in [-0.39, 0.29) is 5.56 Å². The Hall–Kier alpha value is -2.61. The Morgan fingerprint density at radius 3 is 2.64 bits per heavy atom. The van der Waals surface area contributed by atoms with Crippen molar-refractivity contribution in [3.8, 4) is 6.07 Å². The summed E-state index contributed by atoms with van der Waals surface area (Å²) in [5.74, 6) is 1.35. The van der Waals surface area contributed by atoms with E-state index < -0.39 is 0 Å². The molecular formula is C17H18N4O. The molecule has 0 N–H and O–H groups in total. The lowest BCUT2D eigenvalue weighted by Crippen LogP contribution is -2.33. The minimum absolute atomic E-state index is 0.0497. The summed E-state index contributed by atoms with van der Waals surface area (Å²) < 4.78 is 1.60. The highest BCUT2D eigenvalue weighted by molar-refractivity contribution is 5.42. The lowest BCUT2D eigenvalue weighted by molar-refractivity contribution is 0.501. The third-order valence-corrected chi connectivity index (χ3v) is 4.30. The fraction of sp³-hybridized carbons (Fsp3) is 0.353. The van der Waals surface area contributed by atoms with Gasteiger partial charge in [0.2, 0.25) is 0 Å². The molecule has 0 bridgehead atoms. The summed E-state index contributed by atoms with van der Waals surface area (Å²) in [5.41, 5.74) is 1.77. The van der Waals surface area contributed by atoms with Gasteiger partial charge in [-0.15, -0.1) is 0 Å². The van der Waals surface area contributed by atoms with Crippen LogP contribution in [0.1, 0.15) is 29.9 Å². The molecule has 3 heterocycles. The van der Waals surface area contributed by atoms with Crippen molar-refractivity contribution in [2.45, 2.75) is 18.8 Å². The molecule has 1 aliphatic heterocycles. The van der Waals surface area contributed by atoms with E-state index >= 15 is 0 Å². The second-order valence-electron chi connectivity index (χ2n) is 5.69. The highest BCUT2D eigenvalue weighted by Crippen LogP contribution is 2.29. The summed E-state index contributed by atoms with van der Waals surface area (Å²) in [4.78, 5) is 18.3. The number of nitrogens with zero attached hydrogens (tertiary/aromatic N) is 4. The van der Waals surface area contributed by atoms with Crippen molar-refractivity contribution in [1.29, 1.82) is 5.26 Å². The molecule has 0 atom stereocenters. The van der Waals surface area contributed by atoms with Crippen molar-refractivity contribution in [3.05, 3.63) is 58.1 Å². The van der Waals surface area contributed by atoms with Crippen LogP contribution in [0.5, 0.6) is 0 Å². The van der Waals surface area contributed by atoms with Gasteiger partial charge < -0.3 is 9.47 Å². The molecular weight excluding hydrogens is 276 g/mol. The number of hydrogen-bond acceptors (Lipinski definition) is 4. The van der Waals surface area contributed by atoms with Crippen molar-refractivity contribution in [2.75, 3.05) is 18.0 Å². The lowest BCUT2D eigenvalue weighted by atomic mass is 9.90. The monoisotopic (exact) mass is 294 g/mol. The van der Waals surface area contributed by atoms with Crippen LogP contribution >= 0.6 is 0 Å². The van der Waals surface area contributed by atoms with Crippen LogP contribution in [0.15, 0.2) is 41.5 Å². The van der Waals surface area contributed by atoms with Crippen LogP contribution in [0.3, 0.4) is 0 Å². The Morgan fingerprint density at radius 2 is 2.05 bits per heavy atom. The van der Waals surface area contributed by atoms with Gasteiger partial charge in [-0.2, -0.15) is 5.26 Å². The van der Waals surface area contributed by atoms with Gasteiger partial charge in [0.25, 0.3) is 5.56 Å². The molecule has 0 amide bonds. The average molecular weight is 294 g/mol. The van der Waals surface area contributed by atoms with Gasteiger partial charge in [-0.3, -0.25) is 4.79 Å². The zero-order chi connectivity index (χ0) is 15.5. The standard InChI is InChI=1S/C17H18N4O/c1-20-7-4-15(10-17(20)22)14-5-8-21(9-6-14)16-3-2-13(11-18)12-19-16/h2-4,7,10,12,14H,5-6,8-9H2,1H3. The predicted molar refractivity (Wildman–Crippen MR) is 84.8 cm³/mol. The lowest BCUT2D eigenvalue weighted by Gasteiger charge is -2.33. The van der Waals surface area contributed by atoms with Gasteiger partial charge in [-0.1, -0.05) is 0 Å². The smallest absolute Gasteiger partial charge is 0.250 e. The molecule has 22 heavy (non-hydrogen) atoms. The van der Waals surface area contributed by atoms with Gasteiger partial charge in [-0.25, -0.2) is 4.98 Å². The third-order valence-electron chi connectivity index (χ3n) is 4.30. The first kappa shape index (κ1) is 14.3. The zero-order valence-corrected chi connectivity index (χ0v) is 12.6. The summed E-state index contributed by atoms with van der Waals surface area (Å²) >= 11 is 0. The zero-order valence-electron chi connectivity index (χ0n) is 12.6. The average Bonchev–Trinajstić information content (AvgIpc) is 2.58. The summed E-state index contributed by atoms with van der Waals surface area (Å²) in [7, 11) is 1.77. The molecule has 5 heteroatoms. The van der Waals surface area contributed by atoms with Crippen molar-refractivity contribution in [3.63, 3.8) is 0 Å². The molecule has 2 aromatic heterocycles. The number of nitriles is 1. The van der Waals surface area contributed by atoms with Crippen molar-refractivity contribution in [1.82, 2.24) is 9.55 Å².